The zero-order valence-corrected chi connectivity index (χ0v) is 26.2. The van der Waals surface area contributed by atoms with Gasteiger partial charge in [-0.05, 0) is 49.8 Å². The number of carbonyl (C=O) groups excluding carboxylic acids is 4. The number of imide groups is 2. The van der Waals surface area contributed by atoms with Gasteiger partial charge in [0, 0.05) is 42.8 Å². The standard InChI is InChI=1S/C36H40N2O9/c39-27(40)11-3-1-7-17-37-33(44)24-16-15-22-25(30(24)35(37)46)19-26-31(36(47)38(34(26)45)18-8-2-4-12-28(41)42)29(22)23-14-13-20-9-5-6-10-21(20)32(23)43/h5-6,9-10,13-15,24-26,29-31,43H,1-4,7-8,11-12,16-19H2,(H,39,40)(H,41,42)/t24-,25+,26+,29+,30-,31+/m0/s1. The maximum absolute atomic E-state index is 14.1. The van der Waals surface area contributed by atoms with Gasteiger partial charge in [-0.2, -0.15) is 0 Å². The summed E-state index contributed by atoms with van der Waals surface area (Å²) in [4.78, 5) is 79.9. The zero-order chi connectivity index (χ0) is 33.4. The Hall–Kier alpha value is -4.54. The number of phenols is 1. The summed E-state index contributed by atoms with van der Waals surface area (Å²) in [5, 5.41) is 30.9. The van der Waals surface area contributed by atoms with E-state index in [2.05, 4.69) is 0 Å². The van der Waals surface area contributed by atoms with Gasteiger partial charge in [-0.15, -0.1) is 0 Å². The van der Waals surface area contributed by atoms with Crippen LogP contribution in [-0.4, -0.2) is 73.8 Å². The van der Waals surface area contributed by atoms with Crippen molar-refractivity contribution in [1.82, 2.24) is 9.80 Å². The molecule has 3 fully saturated rings. The van der Waals surface area contributed by atoms with Crippen LogP contribution in [0.5, 0.6) is 5.75 Å². The molecule has 1 saturated carbocycles. The fourth-order valence-corrected chi connectivity index (χ4v) is 8.48. The molecule has 0 spiro atoms. The zero-order valence-electron chi connectivity index (χ0n) is 26.2. The van der Waals surface area contributed by atoms with E-state index in [-0.39, 0.29) is 61.7 Å². The molecule has 3 N–H and O–H groups in total. The van der Waals surface area contributed by atoms with Crippen molar-refractivity contribution in [1.29, 1.82) is 0 Å². The lowest BCUT2D eigenvalue weighted by molar-refractivity contribution is -0.142. The van der Waals surface area contributed by atoms with E-state index in [0.29, 0.717) is 55.9 Å². The first-order valence-electron chi connectivity index (χ1n) is 16.6. The second-order valence-electron chi connectivity index (χ2n) is 13.3. The second kappa shape index (κ2) is 13.3. The Kier molecular flexibility index (Phi) is 9.16. The number of hydrogen-bond acceptors (Lipinski definition) is 7. The summed E-state index contributed by atoms with van der Waals surface area (Å²) in [6.45, 7) is 0.379. The highest BCUT2D eigenvalue weighted by Gasteiger charge is 2.62. The van der Waals surface area contributed by atoms with Crippen molar-refractivity contribution >= 4 is 46.3 Å². The van der Waals surface area contributed by atoms with E-state index in [1.165, 1.54) is 9.80 Å². The molecular weight excluding hydrogens is 604 g/mol. The average molecular weight is 645 g/mol. The van der Waals surface area contributed by atoms with Crippen LogP contribution < -0.4 is 0 Å². The highest BCUT2D eigenvalue weighted by molar-refractivity contribution is 6.08. The Morgan fingerprint density at radius 1 is 0.681 bits per heavy atom. The number of aromatic hydroxyl groups is 1. The summed E-state index contributed by atoms with van der Waals surface area (Å²) in [7, 11) is 0. The molecule has 2 aromatic rings. The third-order valence-corrected chi connectivity index (χ3v) is 10.6. The molecule has 2 saturated heterocycles. The first kappa shape index (κ1) is 32.4. The van der Waals surface area contributed by atoms with Crippen LogP contribution in [0.1, 0.15) is 75.7 Å². The van der Waals surface area contributed by atoms with Crippen LogP contribution >= 0.6 is 0 Å². The number of benzene rings is 2. The van der Waals surface area contributed by atoms with E-state index in [1.54, 1.807) is 12.1 Å². The van der Waals surface area contributed by atoms with E-state index in [9.17, 15) is 33.9 Å². The van der Waals surface area contributed by atoms with Gasteiger partial charge in [0.2, 0.25) is 23.6 Å². The smallest absolute Gasteiger partial charge is 0.303 e. The Balaban J connectivity index is 1.31. The Morgan fingerprint density at radius 2 is 1.28 bits per heavy atom. The van der Waals surface area contributed by atoms with Crippen LogP contribution in [0.15, 0.2) is 48.0 Å². The topological polar surface area (TPSA) is 170 Å². The number of carboxylic acids is 2. The van der Waals surface area contributed by atoms with Crippen molar-refractivity contribution in [3.05, 3.63) is 53.6 Å². The third kappa shape index (κ3) is 5.92. The first-order valence-corrected chi connectivity index (χ1v) is 16.6. The molecule has 2 heterocycles. The molecule has 0 bridgehead atoms. The number of amides is 4. The molecule has 2 aliphatic heterocycles. The van der Waals surface area contributed by atoms with Crippen molar-refractivity contribution in [3.63, 3.8) is 0 Å². The first-order chi connectivity index (χ1) is 22.6. The lowest BCUT2D eigenvalue weighted by Crippen LogP contribution is -2.43. The number of rotatable bonds is 13. The normalized spacial score (nSPS) is 26.8. The number of aliphatic carboxylic acids is 2. The molecule has 47 heavy (non-hydrogen) atoms. The van der Waals surface area contributed by atoms with Crippen LogP contribution in [0.4, 0.5) is 0 Å². The summed E-state index contributed by atoms with van der Waals surface area (Å²) in [6, 6.07) is 11.0. The Bertz CT molecular complexity index is 1660. The molecule has 4 aliphatic rings. The molecule has 6 rings (SSSR count). The van der Waals surface area contributed by atoms with Gasteiger partial charge >= 0.3 is 11.9 Å². The summed E-state index contributed by atoms with van der Waals surface area (Å²) in [6.07, 6.45) is 5.55. The molecule has 2 aliphatic carbocycles. The van der Waals surface area contributed by atoms with Gasteiger partial charge in [0.15, 0.2) is 0 Å². The van der Waals surface area contributed by atoms with Gasteiger partial charge in [0.25, 0.3) is 0 Å². The molecule has 0 aromatic heterocycles. The quantitative estimate of drug-likeness (QED) is 0.162. The molecule has 0 unspecified atom stereocenters. The van der Waals surface area contributed by atoms with Gasteiger partial charge in [-0.25, -0.2) is 0 Å². The van der Waals surface area contributed by atoms with Gasteiger partial charge in [0.1, 0.15) is 5.75 Å². The Labute approximate surface area is 272 Å². The SMILES string of the molecule is O=C(O)CCCCCN1C(=O)[C@H]2[C@H](CC=C3[C@H]2C[C@H]2C(=O)N(CCCCCC(=O)O)C(=O)[C@H]2[C@H]3c2ccc3ccccc3c2O)C1=O. The van der Waals surface area contributed by atoms with E-state index in [0.717, 1.165) is 11.0 Å². The number of fused-ring (bicyclic) bond motifs is 5. The van der Waals surface area contributed by atoms with Crippen LogP contribution in [0.2, 0.25) is 0 Å². The van der Waals surface area contributed by atoms with Crippen molar-refractivity contribution in [2.24, 2.45) is 29.6 Å². The van der Waals surface area contributed by atoms with Crippen molar-refractivity contribution in [3.8, 4) is 5.75 Å². The van der Waals surface area contributed by atoms with Crippen LogP contribution in [-0.2, 0) is 28.8 Å². The van der Waals surface area contributed by atoms with Crippen molar-refractivity contribution < 1.29 is 44.1 Å². The predicted molar refractivity (Wildman–Crippen MR) is 169 cm³/mol. The van der Waals surface area contributed by atoms with Crippen molar-refractivity contribution in [2.75, 3.05) is 13.1 Å². The van der Waals surface area contributed by atoms with Gasteiger partial charge in [0.05, 0.1) is 23.7 Å². The maximum atomic E-state index is 14.1. The number of carboxylic acid groups (broad SMARTS) is 2. The Morgan fingerprint density at radius 3 is 1.91 bits per heavy atom. The maximum Gasteiger partial charge on any atom is 0.303 e. The predicted octanol–water partition coefficient (Wildman–Crippen LogP) is 4.47. The molecule has 11 nitrogen and oxygen atoms in total. The van der Waals surface area contributed by atoms with E-state index < -0.39 is 47.4 Å². The summed E-state index contributed by atoms with van der Waals surface area (Å²) >= 11 is 0. The minimum absolute atomic E-state index is 0.0148. The molecule has 2 aromatic carbocycles. The van der Waals surface area contributed by atoms with Crippen LogP contribution in [0.25, 0.3) is 10.8 Å². The average Bonchev–Trinajstić information content (AvgIpc) is 3.43. The number of hydrogen-bond donors (Lipinski definition) is 3. The molecule has 6 atom stereocenters. The lowest BCUT2D eigenvalue weighted by Gasteiger charge is -2.44. The van der Waals surface area contributed by atoms with E-state index >= 15 is 0 Å². The largest absolute Gasteiger partial charge is 0.507 e. The number of allylic oxidation sites excluding steroid dienone is 2. The molecule has 248 valence electrons. The second-order valence-corrected chi connectivity index (χ2v) is 13.3. The number of carbonyl (C=O) groups is 6. The molecule has 4 amide bonds. The highest BCUT2D eigenvalue weighted by Crippen LogP contribution is 2.59. The summed E-state index contributed by atoms with van der Waals surface area (Å²) in [5.41, 5.74) is 1.33. The van der Waals surface area contributed by atoms with Gasteiger partial charge in [-0.3, -0.25) is 38.6 Å². The minimum atomic E-state index is -0.895. The summed E-state index contributed by atoms with van der Waals surface area (Å²) in [5.74, 6) is -6.83. The lowest BCUT2D eigenvalue weighted by atomic mass is 9.57. The number of nitrogens with zero attached hydrogens (tertiary/aromatic N) is 2. The fourth-order valence-electron chi connectivity index (χ4n) is 8.48. The highest BCUT2D eigenvalue weighted by atomic mass is 16.4. The minimum Gasteiger partial charge on any atom is -0.507 e. The van der Waals surface area contributed by atoms with Gasteiger partial charge in [-0.1, -0.05) is 60.9 Å². The number of phenolic OH excluding ortho intramolecular Hbond substituents is 1. The monoisotopic (exact) mass is 644 g/mol. The van der Waals surface area contributed by atoms with Crippen LogP contribution in [0.3, 0.4) is 0 Å². The van der Waals surface area contributed by atoms with Crippen molar-refractivity contribution in [2.45, 2.75) is 70.1 Å². The molecule has 11 heteroatoms. The fraction of sp³-hybridized carbons (Fsp3) is 0.500. The number of unbranched alkanes of at least 4 members (excludes halogenated alkanes) is 4. The number of likely N-dealkylation sites (tertiary alicyclic amines) is 2. The van der Waals surface area contributed by atoms with Crippen LogP contribution in [0, 0.1) is 29.6 Å². The molecular formula is C36H40N2O9. The van der Waals surface area contributed by atoms with E-state index in [1.807, 2.05) is 30.3 Å². The van der Waals surface area contributed by atoms with E-state index in [4.69, 9.17) is 10.2 Å². The van der Waals surface area contributed by atoms with Gasteiger partial charge < -0.3 is 15.3 Å². The summed E-state index contributed by atoms with van der Waals surface area (Å²) < 4.78 is 0. The molecule has 0 radical (unpaired) electrons. The third-order valence-electron chi connectivity index (χ3n) is 10.6.